The van der Waals surface area contributed by atoms with E-state index in [1.54, 1.807) is 42.6 Å². The first kappa shape index (κ1) is 18.1. The van der Waals surface area contributed by atoms with Gasteiger partial charge in [0.15, 0.2) is 0 Å². The number of hydrogen-bond donors (Lipinski definition) is 1. The minimum absolute atomic E-state index is 0.191. The molecule has 2 heterocycles. The largest absolute Gasteiger partial charge is 0.437 e. The van der Waals surface area contributed by atoms with Crippen LogP contribution in [0.3, 0.4) is 0 Å². The van der Waals surface area contributed by atoms with Crippen LogP contribution in [0.15, 0.2) is 73.2 Å². The van der Waals surface area contributed by atoms with Crippen LogP contribution in [0, 0.1) is 17.1 Å². The first-order valence-corrected chi connectivity index (χ1v) is 8.65. The molecule has 0 unspecified atom stereocenters. The molecule has 0 aliphatic carbocycles. The summed E-state index contributed by atoms with van der Waals surface area (Å²) in [5.41, 5.74) is 7.83. The van der Waals surface area contributed by atoms with E-state index in [-0.39, 0.29) is 11.7 Å². The summed E-state index contributed by atoms with van der Waals surface area (Å²) in [6.07, 6.45) is 4.35. The van der Waals surface area contributed by atoms with E-state index in [2.05, 4.69) is 15.0 Å². The molecule has 4 aromatic rings. The molecule has 2 N–H and O–H groups in total. The number of rotatable bonds is 4. The van der Waals surface area contributed by atoms with Gasteiger partial charge in [-0.1, -0.05) is 24.3 Å². The zero-order chi connectivity index (χ0) is 20.2. The number of hydrogen-bond acceptors (Lipinski definition) is 6. The van der Waals surface area contributed by atoms with Crippen molar-refractivity contribution < 1.29 is 9.13 Å². The number of ether oxygens (including phenoxy) is 1. The molecule has 4 rings (SSSR count). The molecule has 0 atom stereocenters. The fourth-order valence-electron chi connectivity index (χ4n) is 2.82. The van der Waals surface area contributed by atoms with Gasteiger partial charge in [0.1, 0.15) is 29.0 Å². The van der Waals surface area contributed by atoms with Gasteiger partial charge < -0.3 is 10.5 Å². The molecule has 0 aliphatic rings. The highest BCUT2D eigenvalue weighted by Gasteiger charge is 2.14. The van der Waals surface area contributed by atoms with Gasteiger partial charge in [0.05, 0.1) is 18.1 Å². The van der Waals surface area contributed by atoms with Crippen molar-refractivity contribution in [2.75, 3.05) is 5.73 Å². The first-order valence-electron chi connectivity index (χ1n) is 8.65. The molecule has 6 nitrogen and oxygen atoms in total. The number of nitrogens with two attached hydrogens (primary N) is 1. The minimum Gasteiger partial charge on any atom is -0.437 e. The van der Waals surface area contributed by atoms with Crippen LogP contribution in [0.4, 0.5) is 10.2 Å². The molecule has 7 heteroatoms. The van der Waals surface area contributed by atoms with Crippen molar-refractivity contribution in [1.82, 2.24) is 15.0 Å². The fraction of sp³-hybridized carbons (Fsp3) is 0. The Morgan fingerprint density at radius 3 is 2.55 bits per heavy atom. The molecule has 0 aliphatic heterocycles. The number of nitrogen functional groups attached to an aromatic ring is 1. The van der Waals surface area contributed by atoms with E-state index in [9.17, 15) is 9.65 Å². The van der Waals surface area contributed by atoms with Crippen LogP contribution in [0.1, 0.15) is 5.56 Å². The van der Waals surface area contributed by atoms with Crippen LogP contribution in [0.2, 0.25) is 0 Å². The predicted molar refractivity (Wildman–Crippen MR) is 106 cm³/mol. The molecule has 0 saturated carbocycles. The average molecular weight is 383 g/mol. The van der Waals surface area contributed by atoms with Gasteiger partial charge in [-0.25, -0.2) is 14.4 Å². The fourth-order valence-corrected chi connectivity index (χ4v) is 2.82. The number of halogens is 1. The smallest absolute Gasteiger partial charge is 0.237 e. The van der Waals surface area contributed by atoms with Crippen LogP contribution in [-0.4, -0.2) is 15.0 Å². The summed E-state index contributed by atoms with van der Waals surface area (Å²) >= 11 is 0. The number of nitrogens with zero attached hydrogens (tertiary/aromatic N) is 4. The van der Waals surface area contributed by atoms with E-state index in [0.29, 0.717) is 33.7 Å². The predicted octanol–water partition coefficient (Wildman–Crippen LogP) is 4.59. The summed E-state index contributed by atoms with van der Waals surface area (Å²) in [6.45, 7) is 0. The van der Waals surface area contributed by atoms with Crippen molar-refractivity contribution in [2.24, 2.45) is 0 Å². The maximum Gasteiger partial charge on any atom is 0.237 e. The van der Waals surface area contributed by atoms with Gasteiger partial charge in [-0.2, -0.15) is 5.26 Å². The molecule has 0 saturated heterocycles. The van der Waals surface area contributed by atoms with Gasteiger partial charge in [0, 0.05) is 17.3 Å². The van der Waals surface area contributed by atoms with E-state index in [0.717, 1.165) is 0 Å². The van der Waals surface area contributed by atoms with Crippen molar-refractivity contribution in [3.05, 3.63) is 84.6 Å². The quantitative estimate of drug-likeness (QED) is 0.553. The third-order valence-corrected chi connectivity index (χ3v) is 4.21. The SMILES string of the molecule is N#Cc1cccnc1Oc1ccccc1-c1ccc(-c2cnc(N)cn2)c(F)c1. The Kier molecular flexibility index (Phi) is 4.82. The average Bonchev–Trinajstić information content (AvgIpc) is 2.75. The highest BCUT2D eigenvalue weighted by Crippen LogP contribution is 2.35. The molecule has 0 amide bonds. The molecule has 0 bridgehead atoms. The summed E-state index contributed by atoms with van der Waals surface area (Å²) in [6, 6.07) is 17.3. The molecular formula is C22H14FN5O. The van der Waals surface area contributed by atoms with Gasteiger partial charge in [-0.15, -0.1) is 0 Å². The zero-order valence-corrected chi connectivity index (χ0v) is 15.1. The van der Waals surface area contributed by atoms with E-state index in [1.165, 1.54) is 18.5 Å². The Labute approximate surface area is 166 Å². The lowest BCUT2D eigenvalue weighted by atomic mass is 10.0. The summed E-state index contributed by atoms with van der Waals surface area (Å²) in [5.74, 6) is 0.467. The molecule has 2 aromatic carbocycles. The molecule has 0 radical (unpaired) electrons. The number of para-hydroxylation sites is 1. The van der Waals surface area contributed by atoms with Gasteiger partial charge in [0.25, 0.3) is 0 Å². The zero-order valence-electron chi connectivity index (χ0n) is 15.1. The number of nitriles is 1. The Bertz CT molecular complexity index is 1220. The minimum atomic E-state index is -0.452. The van der Waals surface area contributed by atoms with E-state index >= 15 is 0 Å². The lowest BCUT2D eigenvalue weighted by molar-refractivity contribution is 0.463. The molecule has 140 valence electrons. The lowest BCUT2D eigenvalue weighted by Crippen LogP contribution is -1.95. The van der Waals surface area contributed by atoms with Crippen molar-refractivity contribution >= 4 is 5.82 Å². The van der Waals surface area contributed by atoms with Crippen molar-refractivity contribution in [3.8, 4) is 40.1 Å². The second kappa shape index (κ2) is 7.74. The summed E-state index contributed by atoms with van der Waals surface area (Å²) in [7, 11) is 0. The highest BCUT2D eigenvalue weighted by atomic mass is 19.1. The van der Waals surface area contributed by atoms with Gasteiger partial charge in [-0.3, -0.25) is 4.98 Å². The molecule has 2 aromatic heterocycles. The van der Waals surface area contributed by atoms with E-state index in [1.807, 2.05) is 18.2 Å². The maximum atomic E-state index is 14.8. The lowest BCUT2D eigenvalue weighted by Gasteiger charge is -2.12. The van der Waals surface area contributed by atoms with E-state index < -0.39 is 5.82 Å². The summed E-state index contributed by atoms with van der Waals surface area (Å²) in [4.78, 5) is 12.2. The summed E-state index contributed by atoms with van der Waals surface area (Å²) < 4.78 is 20.7. The second-order valence-electron chi connectivity index (χ2n) is 6.09. The Morgan fingerprint density at radius 2 is 1.79 bits per heavy atom. The first-order chi connectivity index (χ1) is 14.2. The number of anilines is 1. The summed E-state index contributed by atoms with van der Waals surface area (Å²) in [5, 5.41) is 9.24. The van der Waals surface area contributed by atoms with Crippen molar-refractivity contribution in [3.63, 3.8) is 0 Å². The molecular weight excluding hydrogens is 369 g/mol. The van der Waals surface area contributed by atoms with Crippen LogP contribution >= 0.6 is 0 Å². The monoisotopic (exact) mass is 383 g/mol. The molecule has 0 fully saturated rings. The van der Waals surface area contributed by atoms with E-state index in [4.69, 9.17) is 10.5 Å². The van der Waals surface area contributed by atoms with Crippen LogP contribution in [-0.2, 0) is 0 Å². The third-order valence-electron chi connectivity index (χ3n) is 4.21. The topological polar surface area (TPSA) is 97.7 Å². The Morgan fingerprint density at radius 1 is 0.931 bits per heavy atom. The van der Waals surface area contributed by atoms with Gasteiger partial charge in [-0.05, 0) is 35.9 Å². The molecule has 0 spiro atoms. The number of aromatic nitrogens is 3. The third kappa shape index (κ3) is 3.73. The highest BCUT2D eigenvalue weighted by molar-refractivity contribution is 5.74. The normalized spacial score (nSPS) is 10.3. The Balaban J connectivity index is 1.72. The van der Waals surface area contributed by atoms with Crippen molar-refractivity contribution in [2.45, 2.75) is 0 Å². The van der Waals surface area contributed by atoms with Crippen LogP contribution < -0.4 is 10.5 Å². The number of benzene rings is 2. The van der Waals surface area contributed by atoms with Gasteiger partial charge >= 0.3 is 0 Å². The standard InChI is InChI=1S/C22H14FN5O/c23-18-10-14(7-8-17(18)19-12-28-21(25)13-27-19)16-5-1-2-6-20(16)29-22-15(11-24)4-3-9-26-22/h1-10,12-13H,(H2,25,28). The van der Waals surface area contributed by atoms with Crippen LogP contribution in [0.5, 0.6) is 11.6 Å². The van der Waals surface area contributed by atoms with Gasteiger partial charge in [0.2, 0.25) is 5.88 Å². The van der Waals surface area contributed by atoms with Crippen LogP contribution in [0.25, 0.3) is 22.4 Å². The second-order valence-corrected chi connectivity index (χ2v) is 6.09. The molecule has 29 heavy (non-hydrogen) atoms. The Hall–Kier alpha value is -4.31. The van der Waals surface area contributed by atoms with Crippen molar-refractivity contribution in [1.29, 1.82) is 5.26 Å². The number of pyridine rings is 1. The maximum absolute atomic E-state index is 14.8.